The van der Waals surface area contributed by atoms with Gasteiger partial charge in [-0.3, -0.25) is 4.79 Å². The van der Waals surface area contributed by atoms with E-state index in [1.165, 1.54) is 0 Å². The Bertz CT molecular complexity index is 949. The molecule has 2 heteroatoms. The first-order valence-electron chi connectivity index (χ1n) is 6.83. The summed E-state index contributed by atoms with van der Waals surface area (Å²) in [6.45, 7) is 0. The maximum Gasteiger partial charge on any atom is 0.186 e. The van der Waals surface area contributed by atoms with E-state index >= 15 is 0 Å². The van der Waals surface area contributed by atoms with Gasteiger partial charge in [-0.25, -0.2) is 0 Å². The van der Waals surface area contributed by atoms with E-state index in [2.05, 4.69) is 12.1 Å². The third kappa shape index (κ3) is 1.77. The van der Waals surface area contributed by atoms with E-state index in [-0.39, 0.29) is 0 Å². The van der Waals surface area contributed by atoms with Gasteiger partial charge in [0.15, 0.2) is 12.0 Å². The molecule has 4 rings (SSSR count). The number of furan rings is 1. The highest BCUT2D eigenvalue weighted by Crippen LogP contribution is 2.38. The third-order valence-electron chi connectivity index (χ3n) is 3.78. The molecule has 1 aromatic heterocycles. The number of aldehydes is 1. The van der Waals surface area contributed by atoms with Crippen LogP contribution in [-0.2, 0) is 0 Å². The lowest BCUT2D eigenvalue weighted by atomic mass is 9.98. The standard InChI is InChI=1S/C19H12O2/c20-12-17-18(14-7-2-1-3-8-14)19-15-9-5-4-6-13(15)10-11-16(19)21-17/h1-12H. The minimum Gasteiger partial charge on any atom is -0.453 e. The van der Waals surface area contributed by atoms with Crippen molar-refractivity contribution in [2.24, 2.45) is 0 Å². The molecule has 21 heavy (non-hydrogen) atoms. The van der Waals surface area contributed by atoms with Gasteiger partial charge in [0.25, 0.3) is 0 Å². The molecule has 0 bridgehead atoms. The lowest BCUT2D eigenvalue weighted by Crippen LogP contribution is -1.82. The van der Waals surface area contributed by atoms with Crippen LogP contribution in [0, 0.1) is 0 Å². The molecule has 0 N–H and O–H groups in total. The number of rotatable bonds is 2. The summed E-state index contributed by atoms with van der Waals surface area (Å²) in [6.07, 6.45) is 0.789. The molecule has 100 valence electrons. The van der Waals surface area contributed by atoms with Crippen LogP contribution in [0.2, 0.25) is 0 Å². The minimum absolute atomic E-state index is 0.382. The van der Waals surface area contributed by atoms with Crippen LogP contribution in [0.15, 0.2) is 71.1 Å². The summed E-state index contributed by atoms with van der Waals surface area (Å²) >= 11 is 0. The van der Waals surface area contributed by atoms with Gasteiger partial charge in [-0.05, 0) is 22.4 Å². The highest BCUT2D eigenvalue weighted by molar-refractivity contribution is 6.15. The molecule has 0 saturated heterocycles. The molecule has 2 nitrogen and oxygen atoms in total. The van der Waals surface area contributed by atoms with E-state index in [1.54, 1.807) is 0 Å². The van der Waals surface area contributed by atoms with Crippen molar-refractivity contribution < 1.29 is 9.21 Å². The quantitative estimate of drug-likeness (QED) is 0.477. The smallest absolute Gasteiger partial charge is 0.186 e. The van der Waals surface area contributed by atoms with Crippen LogP contribution >= 0.6 is 0 Å². The zero-order chi connectivity index (χ0) is 14.2. The molecule has 0 unspecified atom stereocenters. The van der Waals surface area contributed by atoms with Gasteiger partial charge in [-0.2, -0.15) is 0 Å². The zero-order valence-corrected chi connectivity index (χ0v) is 11.2. The Morgan fingerprint density at radius 3 is 2.38 bits per heavy atom. The van der Waals surface area contributed by atoms with Crippen molar-refractivity contribution in [1.29, 1.82) is 0 Å². The molecule has 0 amide bonds. The normalized spacial score (nSPS) is 11.0. The fourth-order valence-electron chi connectivity index (χ4n) is 2.86. The number of fused-ring (bicyclic) bond motifs is 3. The van der Waals surface area contributed by atoms with Crippen LogP contribution in [-0.4, -0.2) is 6.29 Å². The molecule has 0 aliphatic carbocycles. The first kappa shape index (κ1) is 11.9. The SMILES string of the molecule is O=Cc1oc2ccc3ccccc3c2c1-c1ccccc1. The molecule has 0 atom stereocenters. The second-order valence-corrected chi connectivity index (χ2v) is 4.99. The maximum absolute atomic E-state index is 11.4. The molecule has 1 heterocycles. The summed E-state index contributed by atoms with van der Waals surface area (Å²) in [6, 6.07) is 22.0. The Hall–Kier alpha value is -2.87. The average Bonchev–Trinajstić information content (AvgIpc) is 2.94. The first-order valence-corrected chi connectivity index (χ1v) is 6.83. The monoisotopic (exact) mass is 272 g/mol. The predicted octanol–water partition coefficient (Wildman–Crippen LogP) is 5.07. The fraction of sp³-hybridized carbons (Fsp3) is 0. The topological polar surface area (TPSA) is 30.2 Å². The number of carbonyl (C=O) groups excluding carboxylic acids is 1. The van der Waals surface area contributed by atoms with Crippen molar-refractivity contribution in [3.05, 3.63) is 72.5 Å². The van der Waals surface area contributed by atoms with Crippen molar-refractivity contribution in [1.82, 2.24) is 0 Å². The molecule has 0 aliphatic heterocycles. The van der Waals surface area contributed by atoms with E-state index in [4.69, 9.17) is 4.42 Å². The van der Waals surface area contributed by atoms with E-state index in [0.29, 0.717) is 5.76 Å². The predicted molar refractivity (Wildman–Crippen MR) is 84.5 cm³/mol. The molecule has 0 fully saturated rings. The Labute approximate surface area is 121 Å². The molecule has 0 spiro atoms. The van der Waals surface area contributed by atoms with Crippen LogP contribution in [0.4, 0.5) is 0 Å². The highest BCUT2D eigenvalue weighted by Gasteiger charge is 2.17. The average molecular weight is 272 g/mol. The van der Waals surface area contributed by atoms with Crippen molar-refractivity contribution in [2.75, 3.05) is 0 Å². The van der Waals surface area contributed by atoms with Gasteiger partial charge in [-0.1, -0.05) is 60.7 Å². The van der Waals surface area contributed by atoms with Gasteiger partial charge in [0.2, 0.25) is 0 Å². The fourth-order valence-corrected chi connectivity index (χ4v) is 2.86. The maximum atomic E-state index is 11.4. The van der Waals surface area contributed by atoms with Gasteiger partial charge in [0, 0.05) is 10.9 Å². The Morgan fingerprint density at radius 2 is 1.57 bits per heavy atom. The van der Waals surface area contributed by atoms with Gasteiger partial charge in [0.05, 0.1) is 0 Å². The first-order chi connectivity index (χ1) is 10.4. The van der Waals surface area contributed by atoms with E-state index in [1.807, 2.05) is 54.6 Å². The van der Waals surface area contributed by atoms with Crippen LogP contribution in [0.3, 0.4) is 0 Å². The Morgan fingerprint density at radius 1 is 0.810 bits per heavy atom. The summed E-state index contributed by atoms with van der Waals surface area (Å²) in [5.74, 6) is 0.382. The molecular weight excluding hydrogens is 260 g/mol. The van der Waals surface area contributed by atoms with Crippen LogP contribution < -0.4 is 0 Å². The molecule has 0 radical (unpaired) electrons. The lowest BCUT2D eigenvalue weighted by molar-refractivity contribution is 0.110. The Kier molecular flexibility index (Phi) is 2.61. The molecular formula is C19H12O2. The number of benzene rings is 3. The van der Waals surface area contributed by atoms with Crippen LogP contribution in [0.5, 0.6) is 0 Å². The number of carbonyl (C=O) groups is 1. The highest BCUT2D eigenvalue weighted by atomic mass is 16.3. The van der Waals surface area contributed by atoms with E-state index < -0.39 is 0 Å². The van der Waals surface area contributed by atoms with Crippen LogP contribution in [0.1, 0.15) is 10.6 Å². The zero-order valence-electron chi connectivity index (χ0n) is 11.2. The van der Waals surface area contributed by atoms with Gasteiger partial charge >= 0.3 is 0 Å². The van der Waals surface area contributed by atoms with Crippen molar-refractivity contribution in [3.63, 3.8) is 0 Å². The van der Waals surface area contributed by atoms with Crippen molar-refractivity contribution >= 4 is 28.0 Å². The summed E-state index contributed by atoms with van der Waals surface area (Å²) in [5, 5.41) is 3.24. The second-order valence-electron chi connectivity index (χ2n) is 4.99. The molecule has 0 saturated carbocycles. The Balaban J connectivity index is 2.22. The number of hydrogen-bond donors (Lipinski definition) is 0. The largest absolute Gasteiger partial charge is 0.453 e. The summed E-state index contributed by atoms with van der Waals surface area (Å²) in [4.78, 5) is 11.4. The molecule has 3 aromatic carbocycles. The van der Waals surface area contributed by atoms with Gasteiger partial charge in [-0.15, -0.1) is 0 Å². The van der Waals surface area contributed by atoms with E-state index in [0.717, 1.165) is 39.2 Å². The minimum atomic E-state index is 0.382. The van der Waals surface area contributed by atoms with E-state index in [9.17, 15) is 4.79 Å². The molecule has 0 aliphatic rings. The summed E-state index contributed by atoms with van der Waals surface area (Å²) < 4.78 is 5.74. The number of hydrogen-bond acceptors (Lipinski definition) is 2. The van der Waals surface area contributed by atoms with Gasteiger partial charge < -0.3 is 4.42 Å². The van der Waals surface area contributed by atoms with Crippen molar-refractivity contribution in [3.8, 4) is 11.1 Å². The van der Waals surface area contributed by atoms with Crippen LogP contribution in [0.25, 0.3) is 32.9 Å². The van der Waals surface area contributed by atoms with Crippen molar-refractivity contribution in [2.45, 2.75) is 0 Å². The lowest BCUT2D eigenvalue weighted by Gasteiger charge is -2.03. The summed E-state index contributed by atoms with van der Waals surface area (Å²) in [7, 11) is 0. The van der Waals surface area contributed by atoms with Gasteiger partial charge in [0.1, 0.15) is 5.58 Å². The second kappa shape index (κ2) is 4.60. The third-order valence-corrected chi connectivity index (χ3v) is 3.78. The molecule has 4 aromatic rings. The summed E-state index contributed by atoms with van der Waals surface area (Å²) in [5.41, 5.74) is 2.61.